The number of hydrogen-bond acceptors (Lipinski definition) is 0. The molecule has 1 aromatic rings. The van der Waals surface area contributed by atoms with Crippen molar-refractivity contribution in [3.63, 3.8) is 0 Å². The normalized spacial score (nSPS) is 24.5. The average Bonchev–Trinajstić information content (AvgIpc) is 2.83. The minimum atomic E-state index is -4.70. The van der Waals surface area contributed by atoms with Gasteiger partial charge in [-0.1, -0.05) is 42.0 Å². The number of rotatable bonds is 2. The summed E-state index contributed by atoms with van der Waals surface area (Å²) in [4.78, 5) is 0. The first kappa shape index (κ1) is 14.1. The summed E-state index contributed by atoms with van der Waals surface area (Å²) in [7, 11) is 0. The van der Waals surface area contributed by atoms with Gasteiger partial charge < -0.3 is 12.9 Å². The third-order valence-electron chi connectivity index (χ3n) is 2.63. The zero-order valence-electron chi connectivity index (χ0n) is 8.26. The Morgan fingerprint density at radius 3 is 2.27 bits per heavy atom. The van der Waals surface area contributed by atoms with E-state index in [0.717, 1.165) is 0 Å². The van der Waals surface area contributed by atoms with E-state index in [9.17, 15) is 12.9 Å². The van der Waals surface area contributed by atoms with Gasteiger partial charge in [-0.3, -0.25) is 0 Å². The largest absolute Gasteiger partial charge is 1.00 e. The molecule has 2 atom stereocenters. The van der Waals surface area contributed by atoms with Crippen LogP contribution in [-0.4, -0.2) is 6.98 Å². The van der Waals surface area contributed by atoms with Crippen molar-refractivity contribution in [1.29, 1.82) is 0 Å². The van der Waals surface area contributed by atoms with Gasteiger partial charge in [0.1, 0.15) is 0 Å². The van der Waals surface area contributed by atoms with Crippen molar-refractivity contribution >= 4 is 18.6 Å². The van der Waals surface area contributed by atoms with Gasteiger partial charge in [-0.15, -0.1) is 0 Å². The van der Waals surface area contributed by atoms with Crippen LogP contribution >= 0.6 is 11.6 Å². The van der Waals surface area contributed by atoms with Crippen molar-refractivity contribution in [3.8, 4) is 0 Å². The van der Waals surface area contributed by atoms with Crippen molar-refractivity contribution in [3.05, 3.63) is 34.9 Å². The fourth-order valence-electron chi connectivity index (χ4n) is 1.77. The molecule has 1 aliphatic rings. The Hall–Kier alpha value is 1.00. The molecule has 2 rings (SSSR count). The summed E-state index contributed by atoms with van der Waals surface area (Å²) in [5.41, 5.74) is 0.637. The Labute approximate surface area is 134 Å². The minimum absolute atomic E-state index is 0. The summed E-state index contributed by atoms with van der Waals surface area (Å²) >= 11 is 5.81. The van der Waals surface area contributed by atoms with E-state index in [0.29, 0.717) is 10.6 Å². The quantitative estimate of drug-likeness (QED) is 0.696. The molecule has 1 aromatic carbocycles. The van der Waals surface area contributed by atoms with Crippen molar-refractivity contribution in [2.75, 3.05) is 0 Å². The van der Waals surface area contributed by atoms with Crippen molar-refractivity contribution in [1.82, 2.24) is 0 Å². The van der Waals surface area contributed by atoms with Crippen LogP contribution in [-0.2, 0) is 0 Å². The van der Waals surface area contributed by atoms with Crippen molar-refractivity contribution < 1.29 is 64.3 Å². The zero-order chi connectivity index (χ0) is 10.3. The van der Waals surface area contributed by atoms with E-state index in [1.165, 1.54) is 0 Å². The molecule has 1 saturated carbocycles. The third kappa shape index (κ3) is 3.23. The van der Waals surface area contributed by atoms with Crippen LogP contribution in [0, 0.1) is 0 Å². The van der Waals surface area contributed by atoms with Crippen LogP contribution in [0.3, 0.4) is 0 Å². The van der Waals surface area contributed by atoms with E-state index >= 15 is 0 Å². The maximum absolute atomic E-state index is 12.3. The smallest absolute Gasteiger partial charge is 0.449 e. The van der Waals surface area contributed by atoms with E-state index in [1.807, 2.05) is 0 Å². The fourth-order valence-corrected chi connectivity index (χ4v) is 2.04. The van der Waals surface area contributed by atoms with Crippen molar-refractivity contribution in [2.45, 2.75) is 18.2 Å². The SMILES string of the molecule is F[B-](F)(F)[C@@H]1C[C@H]1c1ccccc1Cl.[K+]. The van der Waals surface area contributed by atoms with Gasteiger partial charge in [0.15, 0.2) is 0 Å². The Bertz CT molecular complexity index is 355. The molecule has 0 aliphatic heterocycles. The average molecular weight is 259 g/mol. The van der Waals surface area contributed by atoms with Crippen LogP contribution in [0.4, 0.5) is 12.9 Å². The topological polar surface area (TPSA) is 0 Å². The zero-order valence-corrected chi connectivity index (χ0v) is 12.1. The predicted octanol–water partition coefficient (Wildman–Crippen LogP) is 1.05. The van der Waals surface area contributed by atoms with E-state index in [1.54, 1.807) is 24.3 Å². The monoisotopic (exact) mass is 258 g/mol. The first-order valence-corrected chi connectivity index (χ1v) is 4.82. The minimum Gasteiger partial charge on any atom is -0.449 e. The molecular formula is C9H8BClF3K. The van der Waals surface area contributed by atoms with Crippen LogP contribution in [0.15, 0.2) is 24.3 Å². The maximum atomic E-state index is 12.3. The maximum Gasteiger partial charge on any atom is 1.00 e. The van der Waals surface area contributed by atoms with E-state index in [-0.39, 0.29) is 57.8 Å². The molecule has 1 fully saturated rings. The Morgan fingerprint density at radius 2 is 1.80 bits per heavy atom. The van der Waals surface area contributed by atoms with Gasteiger partial charge in [-0.2, -0.15) is 0 Å². The van der Waals surface area contributed by atoms with Crippen LogP contribution in [0.5, 0.6) is 0 Å². The van der Waals surface area contributed by atoms with E-state index in [4.69, 9.17) is 11.6 Å². The number of hydrogen-bond donors (Lipinski definition) is 0. The van der Waals surface area contributed by atoms with Crippen molar-refractivity contribution in [2.24, 2.45) is 0 Å². The van der Waals surface area contributed by atoms with Gasteiger partial charge >= 0.3 is 58.4 Å². The molecule has 6 heteroatoms. The summed E-state index contributed by atoms with van der Waals surface area (Å²) in [5.74, 6) is -1.53. The van der Waals surface area contributed by atoms with E-state index < -0.39 is 18.7 Å². The molecule has 0 spiro atoms. The second-order valence-corrected chi connectivity index (χ2v) is 4.06. The van der Waals surface area contributed by atoms with Gasteiger partial charge in [0.2, 0.25) is 0 Å². The summed E-state index contributed by atoms with van der Waals surface area (Å²) in [6.07, 6.45) is 0.202. The molecule has 76 valence electrons. The van der Waals surface area contributed by atoms with Gasteiger partial charge in [0.25, 0.3) is 0 Å². The fraction of sp³-hybridized carbons (Fsp3) is 0.333. The standard InChI is InChI=1S/C9H8BClF3.K/c11-9-4-2-1-3-6(9)7-5-8(7)10(12,13)14;/h1-4,7-8H,5H2;/q-1;+1/t7-,8+;/m0./s1. The van der Waals surface area contributed by atoms with Crippen LogP contribution in [0.25, 0.3) is 0 Å². The molecule has 0 radical (unpaired) electrons. The molecule has 0 amide bonds. The molecule has 0 unspecified atom stereocenters. The first-order valence-electron chi connectivity index (χ1n) is 4.44. The molecule has 0 saturated heterocycles. The third-order valence-corrected chi connectivity index (χ3v) is 2.97. The molecule has 0 heterocycles. The number of halogens is 4. The summed E-state index contributed by atoms with van der Waals surface area (Å²) in [5, 5.41) is 0.444. The molecular weight excluding hydrogens is 250 g/mol. The Balaban J connectivity index is 0.00000112. The summed E-state index contributed by atoms with van der Waals surface area (Å²) in [6.45, 7) is -4.70. The van der Waals surface area contributed by atoms with Gasteiger partial charge in [0.05, 0.1) is 0 Å². The van der Waals surface area contributed by atoms with Crippen LogP contribution in [0.1, 0.15) is 17.9 Å². The number of benzene rings is 1. The van der Waals surface area contributed by atoms with Crippen LogP contribution in [0.2, 0.25) is 10.8 Å². The predicted molar refractivity (Wildman–Crippen MR) is 51.6 cm³/mol. The summed E-state index contributed by atoms with van der Waals surface area (Å²) < 4.78 is 37.0. The van der Waals surface area contributed by atoms with Crippen LogP contribution < -0.4 is 51.4 Å². The molecule has 0 N–H and O–H groups in total. The summed E-state index contributed by atoms with van der Waals surface area (Å²) in [6, 6.07) is 6.76. The second kappa shape index (κ2) is 5.11. The van der Waals surface area contributed by atoms with E-state index in [2.05, 4.69) is 0 Å². The Kier molecular flexibility index (Phi) is 4.79. The molecule has 1 aliphatic carbocycles. The van der Waals surface area contributed by atoms with Gasteiger partial charge in [-0.05, 0) is 17.5 Å². The molecule has 0 aromatic heterocycles. The second-order valence-electron chi connectivity index (χ2n) is 3.65. The van der Waals surface area contributed by atoms with Gasteiger partial charge in [-0.25, -0.2) is 0 Å². The molecule has 0 bridgehead atoms. The molecule has 15 heavy (non-hydrogen) atoms. The molecule has 0 nitrogen and oxygen atoms in total. The first-order chi connectivity index (χ1) is 6.50. The Morgan fingerprint density at radius 1 is 1.20 bits per heavy atom. The van der Waals surface area contributed by atoms with Gasteiger partial charge in [0, 0.05) is 5.02 Å².